The van der Waals surface area contributed by atoms with Gasteiger partial charge in [0.1, 0.15) is 0 Å². The highest BCUT2D eigenvalue weighted by Gasteiger charge is 2.18. The maximum absolute atomic E-state index is 12.7. The first-order valence-electron chi connectivity index (χ1n) is 8.82. The second-order valence-corrected chi connectivity index (χ2v) is 6.47. The summed E-state index contributed by atoms with van der Waals surface area (Å²) in [4.78, 5) is 40.8. The van der Waals surface area contributed by atoms with Gasteiger partial charge in [-0.2, -0.15) is 0 Å². The first-order chi connectivity index (χ1) is 13.5. The van der Waals surface area contributed by atoms with E-state index in [2.05, 4.69) is 21.2 Å². The van der Waals surface area contributed by atoms with Crippen molar-refractivity contribution in [3.63, 3.8) is 0 Å². The molecule has 0 aliphatic heterocycles. The molecular formula is C21H20N4O3. The van der Waals surface area contributed by atoms with Crippen LogP contribution in [-0.2, 0) is 9.59 Å². The maximum Gasteiger partial charge on any atom is 0.327 e. The van der Waals surface area contributed by atoms with Gasteiger partial charge in [0, 0.05) is 17.0 Å². The molecule has 3 amide bonds. The van der Waals surface area contributed by atoms with Crippen molar-refractivity contribution in [2.24, 2.45) is 0 Å². The number of nitrogens with one attached hydrogen (secondary N) is 3. The average Bonchev–Trinajstić information content (AvgIpc) is 2.71. The highest BCUT2D eigenvalue weighted by atomic mass is 16.2. The Morgan fingerprint density at radius 1 is 0.857 bits per heavy atom. The van der Waals surface area contributed by atoms with Crippen molar-refractivity contribution < 1.29 is 14.4 Å². The van der Waals surface area contributed by atoms with Gasteiger partial charge in [-0.15, -0.1) is 0 Å². The van der Waals surface area contributed by atoms with Crippen molar-refractivity contribution in [1.82, 2.24) is 21.2 Å². The van der Waals surface area contributed by atoms with Gasteiger partial charge in [0.05, 0.1) is 16.8 Å². The summed E-state index contributed by atoms with van der Waals surface area (Å²) in [6.07, 6.45) is 0. The summed E-state index contributed by atoms with van der Waals surface area (Å²) >= 11 is 0. The molecule has 0 spiro atoms. The van der Waals surface area contributed by atoms with E-state index in [1.165, 1.54) is 0 Å². The molecule has 0 fully saturated rings. The Morgan fingerprint density at radius 2 is 1.54 bits per heavy atom. The molecule has 0 radical (unpaired) electrons. The zero-order valence-corrected chi connectivity index (χ0v) is 15.5. The minimum absolute atomic E-state index is 0.188. The second-order valence-electron chi connectivity index (χ2n) is 6.47. The Balaban J connectivity index is 1.88. The van der Waals surface area contributed by atoms with Gasteiger partial charge in [-0.1, -0.05) is 48.5 Å². The lowest BCUT2D eigenvalue weighted by Crippen LogP contribution is -2.49. The third kappa shape index (κ3) is 4.32. The number of para-hydroxylation sites is 1. The Hall–Kier alpha value is -3.74. The van der Waals surface area contributed by atoms with Gasteiger partial charge in [-0.05, 0) is 26.0 Å². The Labute approximate surface area is 162 Å². The highest BCUT2D eigenvalue weighted by Crippen LogP contribution is 2.24. The molecule has 7 nitrogen and oxygen atoms in total. The topological polar surface area (TPSA) is 100 Å². The number of hydrogen-bond acceptors (Lipinski definition) is 4. The SMILES string of the molecule is CC(C)NC(=O)C(=O)NNC(=O)c1cc(-c2ccccc2)nc2ccccc12. The number of hydrazine groups is 1. The summed E-state index contributed by atoms with van der Waals surface area (Å²) in [6, 6.07) is 18.2. The smallest absolute Gasteiger partial charge is 0.327 e. The van der Waals surface area contributed by atoms with Gasteiger partial charge in [-0.3, -0.25) is 25.2 Å². The third-order valence-electron chi connectivity index (χ3n) is 3.95. The zero-order chi connectivity index (χ0) is 20.1. The van der Waals surface area contributed by atoms with E-state index in [9.17, 15) is 14.4 Å². The number of amides is 3. The normalized spacial score (nSPS) is 10.5. The molecule has 0 unspecified atom stereocenters. The van der Waals surface area contributed by atoms with Crippen LogP contribution in [0.1, 0.15) is 24.2 Å². The number of benzene rings is 2. The van der Waals surface area contributed by atoms with E-state index in [0.717, 1.165) is 5.56 Å². The monoisotopic (exact) mass is 376 g/mol. The molecule has 3 aromatic rings. The Morgan fingerprint density at radius 3 is 2.25 bits per heavy atom. The lowest BCUT2D eigenvalue weighted by Gasteiger charge is -2.12. The van der Waals surface area contributed by atoms with Crippen molar-refractivity contribution in [3.8, 4) is 11.3 Å². The van der Waals surface area contributed by atoms with E-state index >= 15 is 0 Å². The molecule has 142 valence electrons. The molecule has 0 aliphatic rings. The van der Waals surface area contributed by atoms with Crippen LogP contribution >= 0.6 is 0 Å². The van der Waals surface area contributed by atoms with Gasteiger partial charge in [-0.25, -0.2) is 4.98 Å². The number of aromatic nitrogens is 1. The molecular weight excluding hydrogens is 356 g/mol. The average molecular weight is 376 g/mol. The predicted octanol–water partition coefficient (Wildman–Crippen LogP) is 2.19. The van der Waals surface area contributed by atoms with E-state index in [0.29, 0.717) is 22.2 Å². The molecule has 7 heteroatoms. The minimum Gasteiger partial charge on any atom is -0.346 e. The Kier molecular flexibility index (Phi) is 5.64. The zero-order valence-electron chi connectivity index (χ0n) is 15.5. The van der Waals surface area contributed by atoms with E-state index < -0.39 is 17.7 Å². The van der Waals surface area contributed by atoms with E-state index in [1.807, 2.05) is 42.5 Å². The largest absolute Gasteiger partial charge is 0.346 e. The van der Waals surface area contributed by atoms with Gasteiger partial charge in [0.25, 0.3) is 5.91 Å². The maximum atomic E-state index is 12.7. The molecule has 2 aromatic carbocycles. The van der Waals surface area contributed by atoms with Crippen LogP contribution in [-0.4, -0.2) is 28.7 Å². The van der Waals surface area contributed by atoms with Crippen LogP contribution < -0.4 is 16.2 Å². The summed E-state index contributed by atoms with van der Waals surface area (Å²) in [5.74, 6) is -2.30. The van der Waals surface area contributed by atoms with Crippen LogP contribution in [0.2, 0.25) is 0 Å². The third-order valence-corrected chi connectivity index (χ3v) is 3.95. The summed E-state index contributed by atoms with van der Waals surface area (Å²) in [7, 11) is 0. The van der Waals surface area contributed by atoms with Gasteiger partial charge in [0.2, 0.25) is 0 Å². The standard InChI is InChI=1S/C21H20N4O3/c1-13(2)22-20(27)21(28)25-24-19(26)16-12-18(14-8-4-3-5-9-14)23-17-11-7-6-10-15(16)17/h3-13H,1-2H3,(H,22,27)(H,24,26)(H,25,28). The molecule has 1 aromatic heterocycles. The summed E-state index contributed by atoms with van der Waals surface area (Å²) in [5.41, 5.74) is 6.92. The molecule has 0 saturated carbocycles. The molecule has 3 rings (SSSR count). The van der Waals surface area contributed by atoms with Gasteiger partial charge >= 0.3 is 11.8 Å². The summed E-state index contributed by atoms with van der Waals surface area (Å²) in [6.45, 7) is 3.47. The fraction of sp³-hybridized carbons (Fsp3) is 0.143. The molecule has 0 saturated heterocycles. The lowest BCUT2D eigenvalue weighted by atomic mass is 10.0. The molecule has 0 atom stereocenters. The number of carbonyl (C=O) groups is 3. The van der Waals surface area contributed by atoms with Crippen molar-refractivity contribution in [2.75, 3.05) is 0 Å². The molecule has 1 heterocycles. The number of hydrogen-bond donors (Lipinski definition) is 3. The van der Waals surface area contributed by atoms with Gasteiger partial charge in [0.15, 0.2) is 0 Å². The van der Waals surface area contributed by atoms with Crippen molar-refractivity contribution >= 4 is 28.6 Å². The minimum atomic E-state index is -0.941. The fourth-order valence-electron chi connectivity index (χ4n) is 2.69. The van der Waals surface area contributed by atoms with Crippen LogP contribution in [0.5, 0.6) is 0 Å². The molecule has 3 N–H and O–H groups in total. The van der Waals surface area contributed by atoms with E-state index in [4.69, 9.17) is 0 Å². The van der Waals surface area contributed by atoms with Crippen LogP contribution in [0, 0.1) is 0 Å². The molecule has 0 aliphatic carbocycles. The Bertz CT molecular complexity index is 1030. The van der Waals surface area contributed by atoms with Gasteiger partial charge < -0.3 is 5.32 Å². The lowest BCUT2D eigenvalue weighted by molar-refractivity contribution is -0.139. The molecule has 0 bridgehead atoms. The number of rotatable bonds is 3. The van der Waals surface area contributed by atoms with E-state index in [-0.39, 0.29) is 6.04 Å². The van der Waals surface area contributed by atoms with Crippen LogP contribution in [0.15, 0.2) is 60.7 Å². The number of pyridine rings is 1. The first-order valence-corrected chi connectivity index (χ1v) is 8.82. The van der Waals surface area contributed by atoms with Crippen LogP contribution in [0.25, 0.3) is 22.2 Å². The van der Waals surface area contributed by atoms with Crippen LogP contribution in [0.3, 0.4) is 0 Å². The first kappa shape index (κ1) is 19.0. The number of carbonyl (C=O) groups excluding carboxylic acids is 3. The quantitative estimate of drug-likeness (QED) is 0.482. The van der Waals surface area contributed by atoms with Crippen molar-refractivity contribution in [3.05, 3.63) is 66.2 Å². The summed E-state index contributed by atoms with van der Waals surface area (Å²) in [5, 5.41) is 3.09. The van der Waals surface area contributed by atoms with Crippen LogP contribution in [0.4, 0.5) is 0 Å². The molecule has 28 heavy (non-hydrogen) atoms. The number of fused-ring (bicyclic) bond motifs is 1. The highest BCUT2D eigenvalue weighted by molar-refractivity contribution is 6.35. The van der Waals surface area contributed by atoms with E-state index in [1.54, 1.807) is 32.0 Å². The second kappa shape index (κ2) is 8.30. The predicted molar refractivity (Wildman–Crippen MR) is 106 cm³/mol. The number of nitrogens with zero attached hydrogens (tertiary/aromatic N) is 1. The van der Waals surface area contributed by atoms with Crippen molar-refractivity contribution in [1.29, 1.82) is 0 Å². The van der Waals surface area contributed by atoms with Crippen molar-refractivity contribution in [2.45, 2.75) is 19.9 Å². The summed E-state index contributed by atoms with van der Waals surface area (Å²) < 4.78 is 0. The fourth-order valence-corrected chi connectivity index (χ4v) is 2.69.